The lowest BCUT2D eigenvalue weighted by Gasteiger charge is -2.23. The van der Waals surface area contributed by atoms with E-state index in [2.05, 4.69) is 18.7 Å². The zero-order chi connectivity index (χ0) is 11.5. The topological polar surface area (TPSA) is 42.4 Å². The molecular formula is C13H22N2O. The Labute approximate surface area is 97.6 Å². The van der Waals surface area contributed by atoms with E-state index < -0.39 is 0 Å². The smallest absolute Gasteiger partial charge is 0.122 e. The van der Waals surface area contributed by atoms with Crippen LogP contribution >= 0.6 is 0 Å². The Morgan fingerprint density at radius 3 is 2.81 bits per heavy atom. The molecule has 0 bridgehead atoms. The molecule has 0 atom stereocenters. The Morgan fingerprint density at radius 1 is 1.50 bits per heavy atom. The zero-order valence-electron chi connectivity index (χ0n) is 10.3. The summed E-state index contributed by atoms with van der Waals surface area (Å²) in [6.07, 6.45) is 4.43. The molecule has 1 aliphatic carbocycles. The van der Waals surface area contributed by atoms with Crippen LogP contribution in [0.5, 0.6) is 0 Å². The predicted molar refractivity (Wildman–Crippen MR) is 64.9 cm³/mol. The molecule has 2 rings (SSSR count). The van der Waals surface area contributed by atoms with Crippen LogP contribution in [0.15, 0.2) is 16.7 Å². The highest BCUT2D eigenvalue weighted by molar-refractivity contribution is 5.16. The van der Waals surface area contributed by atoms with Gasteiger partial charge >= 0.3 is 0 Å². The van der Waals surface area contributed by atoms with Crippen LogP contribution < -0.4 is 5.73 Å². The molecule has 1 heterocycles. The maximum atomic E-state index is 5.69. The van der Waals surface area contributed by atoms with Gasteiger partial charge in [0.1, 0.15) is 5.76 Å². The van der Waals surface area contributed by atoms with Crippen LogP contribution in [-0.2, 0) is 13.1 Å². The molecule has 0 spiro atoms. The molecule has 1 fully saturated rings. The van der Waals surface area contributed by atoms with Gasteiger partial charge < -0.3 is 10.2 Å². The Hall–Kier alpha value is -0.800. The monoisotopic (exact) mass is 222 g/mol. The standard InChI is InChI=1S/C13H22N2O/c1-10(2)8-15(12-3-4-12)9-13-11(7-14)5-6-16-13/h5-6,10,12H,3-4,7-9,14H2,1-2H3. The van der Waals surface area contributed by atoms with Crippen LogP contribution in [0.25, 0.3) is 0 Å². The Bertz CT molecular complexity index is 328. The van der Waals surface area contributed by atoms with Gasteiger partial charge in [-0.3, -0.25) is 4.90 Å². The van der Waals surface area contributed by atoms with Gasteiger partial charge in [0.15, 0.2) is 0 Å². The first kappa shape index (κ1) is 11.7. The van der Waals surface area contributed by atoms with E-state index in [-0.39, 0.29) is 0 Å². The average molecular weight is 222 g/mol. The summed E-state index contributed by atoms with van der Waals surface area (Å²) in [6, 6.07) is 2.76. The largest absolute Gasteiger partial charge is 0.468 e. The van der Waals surface area contributed by atoms with E-state index in [4.69, 9.17) is 10.2 Å². The number of nitrogens with two attached hydrogens (primary N) is 1. The first-order valence-electron chi connectivity index (χ1n) is 6.20. The van der Waals surface area contributed by atoms with Gasteiger partial charge in [-0.1, -0.05) is 13.8 Å². The van der Waals surface area contributed by atoms with Crippen molar-refractivity contribution >= 4 is 0 Å². The minimum Gasteiger partial charge on any atom is -0.468 e. The van der Waals surface area contributed by atoms with E-state index >= 15 is 0 Å². The first-order chi connectivity index (χ1) is 7.70. The molecule has 1 aliphatic rings. The minimum atomic E-state index is 0.575. The second-order valence-electron chi connectivity index (χ2n) is 5.13. The van der Waals surface area contributed by atoms with Crippen LogP contribution in [0, 0.1) is 5.92 Å². The number of hydrogen-bond acceptors (Lipinski definition) is 3. The number of furan rings is 1. The lowest BCUT2D eigenvalue weighted by Crippen LogP contribution is -2.29. The average Bonchev–Trinajstić information content (AvgIpc) is 2.98. The highest BCUT2D eigenvalue weighted by Gasteiger charge is 2.30. The van der Waals surface area contributed by atoms with Crippen LogP contribution in [-0.4, -0.2) is 17.5 Å². The van der Waals surface area contributed by atoms with Crippen LogP contribution in [0.2, 0.25) is 0 Å². The van der Waals surface area contributed by atoms with E-state index in [1.54, 1.807) is 6.26 Å². The Kier molecular flexibility index (Phi) is 3.66. The molecule has 3 heteroatoms. The second kappa shape index (κ2) is 5.02. The van der Waals surface area contributed by atoms with E-state index in [0.29, 0.717) is 12.5 Å². The number of rotatable bonds is 6. The fourth-order valence-corrected chi connectivity index (χ4v) is 2.12. The fraction of sp³-hybridized carbons (Fsp3) is 0.692. The molecule has 3 nitrogen and oxygen atoms in total. The summed E-state index contributed by atoms with van der Waals surface area (Å²) in [5.74, 6) is 1.76. The summed E-state index contributed by atoms with van der Waals surface area (Å²) in [4.78, 5) is 2.53. The van der Waals surface area contributed by atoms with Crippen molar-refractivity contribution in [3.63, 3.8) is 0 Å². The van der Waals surface area contributed by atoms with Gasteiger partial charge in [-0.05, 0) is 24.8 Å². The first-order valence-corrected chi connectivity index (χ1v) is 6.20. The molecule has 0 aliphatic heterocycles. The molecule has 0 saturated heterocycles. The van der Waals surface area contributed by atoms with E-state index in [9.17, 15) is 0 Å². The van der Waals surface area contributed by atoms with Crippen LogP contribution in [0.1, 0.15) is 38.0 Å². The highest BCUT2D eigenvalue weighted by atomic mass is 16.3. The summed E-state index contributed by atoms with van der Waals surface area (Å²) in [5, 5.41) is 0. The zero-order valence-corrected chi connectivity index (χ0v) is 10.3. The van der Waals surface area contributed by atoms with Crippen molar-refractivity contribution in [1.82, 2.24) is 4.90 Å². The number of nitrogens with zero attached hydrogens (tertiary/aromatic N) is 1. The van der Waals surface area contributed by atoms with Crippen molar-refractivity contribution in [2.24, 2.45) is 11.7 Å². The van der Waals surface area contributed by atoms with Gasteiger partial charge in [0, 0.05) is 24.7 Å². The summed E-state index contributed by atoms with van der Waals surface area (Å²) < 4.78 is 5.52. The quantitative estimate of drug-likeness (QED) is 0.803. The van der Waals surface area contributed by atoms with Crippen molar-refractivity contribution < 1.29 is 4.42 Å². The molecular weight excluding hydrogens is 200 g/mol. The maximum absolute atomic E-state index is 5.69. The Balaban J connectivity index is 1.99. The summed E-state index contributed by atoms with van der Waals surface area (Å²) in [5.41, 5.74) is 6.83. The predicted octanol–water partition coefficient (Wildman–Crippen LogP) is 2.36. The van der Waals surface area contributed by atoms with E-state index in [1.165, 1.54) is 12.8 Å². The van der Waals surface area contributed by atoms with Crippen molar-refractivity contribution in [1.29, 1.82) is 0 Å². The molecule has 1 aromatic heterocycles. The fourth-order valence-electron chi connectivity index (χ4n) is 2.12. The lowest BCUT2D eigenvalue weighted by molar-refractivity contribution is 0.208. The molecule has 90 valence electrons. The van der Waals surface area contributed by atoms with Gasteiger partial charge in [0.25, 0.3) is 0 Å². The van der Waals surface area contributed by atoms with Gasteiger partial charge in [0.2, 0.25) is 0 Å². The van der Waals surface area contributed by atoms with Crippen molar-refractivity contribution in [2.45, 2.75) is 45.8 Å². The molecule has 0 amide bonds. The third-order valence-electron chi connectivity index (χ3n) is 3.07. The lowest BCUT2D eigenvalue weighted by atomic mass is 10.2. The second-order valence-corrected chi connectivity index (χ2v) is 5.13. The summed E-state index contributed by atoms with van der Waals surface area (Å²) >= 11 is 0. The van der Waals surface area contributed by atoms with Gasteiger partial charge in [-0.15, -0.1) is 0 Å². The molecule has 2 N–H and O–H groups in total. The van der Waals surface area contributed by atoms with Crippen molar-refractivity contribution in [2.75, 3.05) is 6.54 Å². The van der Waals surface area contributed by atoms with Crippen LogP contribution in [0.4, 0.5) is 0 Å². The third kappa shape index (κ3) is 2.86. The third-order valence-corrected chi connectivity index (χ3v) is 3.07. The SMILES string of the molecule is CC(C)CN(Cc1occc1CN)C1CC1. The highest BCUT2D eigenvalue weighted by Crippen LogP contribution is 2.29. The molecule has 0 radical (unpaired) electrons. The van der Waals surface area contributed by atoms with Gasteiger partial charge in [0.05, 0.1) is 12.8 Å². The maximum Gasteiger partial charge on any atom is 0.122 e. The normalized spacial score (nSPS) is 16.3. The summed E-state index contributed by atoms with van der Waals surface area (Å²) in [7, 11) is 0. The number of hydrogen-bond donors (Lipinski definition) is 1. The molecule has 1 saturated carbocycles. The Morgan fingerprint density at radius 2 is 2.25 bits per heavy atom. The van der Waals surface area contributed by atoms with Crippen LogP contribution in [0.3, 0.4) is 0 Å². The van der Waals surface area contributed by atoms with E-state index in [1.807, 2.05) is 6.07 Å². The van der Waals surface area contributed by atoms with Crippen molar-refractivity contribution in [3.8, 4) is 0 Å². The van der Waals surface area contributed by atoms with Gasteiger partial charge in [-0.2, -0.15) is 0 Å². The molecule has 16 heavy (non-hydrogen) atoms. The van der Waals surface area contributed by atoms with Gasteiger partial charge in [-0.25, -0.2) is 0 Å². The van der Waals surface area contributed by atoms with E-state index in [0.717, 1.165) is 30.5 Å². The summed E-state index contributed by atoms with van der Waals surface area (Å²) in [6.45, 7) is 7.17. The molecule has 0 unspecified atom stereocenters. The minimum absolute atomic E-state index is 0.575. The van der Waals surface area contributed by atoms with Crippen molar-refractivity contribution in [3.05, 3.63) is 23.7 Å². The molecule has 0 aromatic carbocycles. The molecule has 1 aromatic rings.